The average Bonchev–Trinajstić information content (AvgIpc) is 3.01. The van der Waals surface area contributed by atoms with Crippen molar-refractivity contribution in [1.29, 1.82) is 0 Å². The second-order valence-electron chi connectivity index (χ2n) is 8.91. The second kappa shape index (κ2) is 4.92. The molecule has 0 aliphatic carbocycles. The van der Waals surface area contributed by atoms with E-state index in [-0.39, 0.29) is 0 Å². The highest BCUT2D eigenvalue weighted by Crippen LogP contribution is 2.54. The standard InChI is InChI=1S/C21H28O4/c1-11-6-18-15(8-17-13(3)9-22-20(17,4)24-18)19-14(11)7-16-12(2)10-23-21(16,5)25-19/h6,12-13,16-17H,7-10H2,1-5H3. The smallest absolute Gasteiger partial charge is 0.211 e. The molecule has 0 radical (unpaired) electrons. The summed E-state index contributed by atoms with van der Waals surface area (Å²) in [6.45, 7) is 12.4. The predicted molar refractivity (Wildman–Crippen MR) is 93.9 cm³/mol. The van der Waals surface area contributed by atoms with Crippen molar-refractivity contribution in [3.05, 3.63) is 22.8 Å². The molecule has 4 heteroatoms. The molecule has 4 aliphatic rings. The number of rotatable bonds is 0. The SMILES string of the molecule is Cc1cc2c(c3c1CC1C(C)COC1(C)O3)CC1C(C)COC1(C)O2. The van der Waals surface area contributed by atoms with Gasteiger partial charge in [0, 0.05) is 31.2 Å². The Morgan fingerprint density at radius 1 is 0.880 bits per heavy atom. The highest BCUT2D eigenvalue weighted by atomic mass is 16.7. The lowest BCUT2D eigenvalue weighted by Crippen LogP contribution is -2.46. The summed E-state index contributed by atoms with van der Waals surface area (Å²) in [5, 5.41) is 0. The van der Waals surface area contributed by atoms with E-state index in [1.165, 1.54) is 16.7 Å². The Kier molecular flexibility index (Phi) is 3.14. The summed E-state index contributed by atoms with van der Waals surface area (Å²) in [6.07, 6.45) is 1.98. The Balaban J connectivity index is 1.62. The number of hydrogen-bond donors (Lipinski definition) is 0. The number of benzene rings is 1. The maximum Gasteiger partial charge on any atom is 0.211 e. The molecule has 2 fully saturated rings. The van der Waals surface area contributed by atoms with Crippen LogP contribution in [0.15, 0.2) is 6.07 Å². The second-order valence-corrected chi connectivity index (χ2v) is 8.91. The molecule has 6 atom stereocenters. The van der Waals surface area contributed by atoms with Gasteiger partial charge in [-0.1, -0.05) is 13.8 Å². The fourth-order valence-electron chi connectivity index (χ4n) is 5.42. The third-order valence-corrected chi connectivity index (χ3v) is 7.12. The Labute approximate surface area is 149 Å². The molecule has 1 aromatic carbocycles. The fourth-order valence-corrected chi connectivity index (χ4v) is 5.42. The van der Waals surface area contributed by atoms with Crippen LogP contribution >= 0.6 is 0 Å². The van der Waals surface area contributed by atoms with E-state index in [1.807, 2.05) is 0 Å². The van der Waals surface area contributed by atoms with Gasteiger partial charge in [0.25, 0.3) is 0 Å². The average molecular weight is 344 g/mol. The van der Waals surface area contributed by atoms with Crippen molar-refractivity contribution in [2.24, 2.45) is 23.7 Å². The molecular formula is C21H28O4. The summed E-state index contributed by atoms with van der Waals surface area (Å²) in [4.78, 5) is 0. The van der Waals surface area contributed by atoms with Gasteiger partial charge < -0.3 is 18.9 Å². The topological polar surface area (TPSA) is 36.9 Å². The van der Waals surface area contributed by atoms with Gasteiger partial charge in [0.15, 0.2) is 0 Å². The highest BCUT2D eigenvalue weighted by molar-refractivity contribution is 5.57. The van der Waals surface area contributed by atoms with E-state index in [0.29, 0.717) is 23.7 Å². The lowest BCUT2D eigenvalue weighted by molar-refractivity contribution is -0.174. The molecule has 4 heterocycles. The predicted octanol–water partition coefficient (Wildman–Crippen LogP) is 3.86. The number of hydrogen-bond acceptors (Lipinski definition) is 4. The van der Waals surface area contributed by atoms with Crippen LogP contribution in [0.3, 0.4) is 0 Å². The summed E-state index contributed by atoms with van der Waals surface area (Å²) < 4.78 is 25.0. The molecule has 4 aliphatic heterocycles. The fraction of sp³-hybridized carbons (Fsp3) is 0.714. The van der Waals surface area contributed by atoms with Crippen LogP contribution in [-0.2, 0) is 22.3 Å². The van der Waals surface area contributed by atoms with Crippen molar-refractivity contribution < 1.29 is 18.9 Å². The zero-order chi connectivity index (χ0) is 17.6. The third-order valence-electron chi connectivity index (χ3n) is 7.12. The van der Waals surface area contributed by atoms with Gasteiger partial charge in [0.2, 0.25) is 11.6 Å². The van der Waals surface area contributed by atoms with E-state index in [2.05, 4.69) is 40.7 Å². The van der Waals surface area contributed by atoms with E-state index in [9.17, 15) is 0 Å². The van der Waals surface area contributed by atoms with Gasteiger partial charge in [-0.15, -0.1) is 0 Å². The first-order valence-electron chi connectivity index (χ1n) is 9.62. The number of ether oxygens (including phenoxy) is 4. The molecule has 0 aromatic heterocycles. The van der Waals surface area contributed by atoms with Crippen LogP contribution in [0, 0.1) is 30.6 Å². The van der Waals surface area contributed by atoms with Gasteiger partial charge in [0.05, 0.1) is 13.2 Å². The maximum atomic E-state index is 6.57. The minimum absolute atomic E-state index is 0.365. The lowest BCUT2D eigenvalue weighted by atomic mass is 9.77. The van der Waals surface area contributed by atoms with Crippen molar-refractivity contribution in [1.82, 2.24) is 0 Å². The first-order valence-corrected chi connectivity index (χ1v) is 9.62. The summed E-state index contributed by atoms with van der Waals surface area (Å²) in [5.74, 6) is 2.73. The van der Waals surface area contributed by atoms with E-state index in [0.717, 1.165) is 37.6 Å². The minimum Gasteiger partial charge on any atom is -0.462 e. The normalized spacial score (nSPS) is 44.2. The molecule has 136 valence electrons. The molecule has 1 aromatic rings. The van der Waals surface area contributed by atoms with Crippen LogP contribution in [0.25, 0.3) is 0 Å². The van der Waals surface area contributed by atoms with Gasteiger partial charge in [-0.2, -0.15) is 0 Å². The number of aryl methyl sites for hydroxylation is 1. The van der Waals surface area contributed by atoms with Gasteiger partial charge in [0.1, 0.15) is 11.5 Å². The monoisotopic (exact) mass is 344 g/mol. The van der Waals surface area contributed by atoms with Gasteiger partial charge >= 0.3 is 0 Å². The minimum atomic E-state index is -0.507. The van der Waals surface area contributed by atoms with E-state index < -0.39 is 11.6 Å². The Hall–Kier alpha value is -1.26. The van der Waals surface area contributed by atoms with Crippen molar-refractivity contribution in [2.45, 2.75) is 59.0 Å². The van der Waals surface area contributed by atoms with Gasteiger partial charge in [-0.05, 0) is 48.8 Å². The summed E-state index contributed by atoms with van der Waals surface area (Å²) >= 11 is 0. The first kappa shape index (κ1) is 16.0. The van der Waals surface area contributed by atoms with Crippen molar-refractivity contribution in [2.75, 3.05) is 13.2 Å². The van der Waals surface area contributed by atoms with Gasteiger partial charge in [-0.3, -0.25) is 0 Å². The molecule has 5 rings (SSSR count). The van der Waals surface area contributed by atoms with Crippen LogP contribution in [0.4, 0.5) is 0 Å². The van der Waals surface area contributed by atoms with Crippen LogP contribution in [0.1, 0.15) is 44.4 Å². The van der Waals surface area contributed by atoms with Crippen molar-refractivity contribution >= 4 is 0 Å². The van der Waals surface area contributed by atoms with E-state index >= 15 is 0 Å². The molecule has 0 N–H and O–H groups in total. The van der Waals surface area contributed by atoms with E-state index in [4.69, 9.17) is 18.9 Å². The largest absolute Gasteiger partial charge is 0.462 e. The molecule has 0 bridgehead atoms. The van der Waals surface area contributed by atoms with Crippen molar-refractivity contribution in [3.63, 3.8) is 0 Å². The van der Waals surface area contributed by atoms with Crippen LogP contribution in [-0.4, -0.2) is 24.8 Å². The Morgan fingerprint density at radius 3 is 2.08 bits per heavy atom. The molecule has 25 heavy (non-hydrogen) atoms. The zero-order valence-corrected chi connectivity index (χ0v) is 15.8. The first-order chi connectivity index (χ1) is 11.8. The van der Waals surface area contributed by atoms with Gasteiger partial charge in [-0.25, -0.2) is 0 Å². The zero-order valence-electron chi connectivity index (χ0n) is 15.8. The third kappa shape index (κ3) is 2.07. The van der Waals surface area contributed by atoms with Crippen LogP contribution < -0.4 is 9.47 Å². The number of fused-ring (bicyclic) bond motifs is 5. The molecular weight excluding hydrogens is 316 g/mol. The lowest BCUT2D eigenvalue weighted by Gasteiger charge is -2.43. The molecule has 0 spiro atoms. The summed E-state index contributed by atoms with van der Waals surface area (Å²) in [7, 11) is 0. The maximum absolute atomic E-state index is 6.57. The van der Waals surface area contributed by atoms with Crippen LogP contribution in [0.5, 0.6) is 11.5 Å². The molecule has 6 unspecified atom stereocenters. The molecule has 0 amide bonds. The van der Waals surface area contributed by atoms with Crippen LogP contribution in [0.2, 0.25) is 0 Å². The molecule has 2 saturated heterocycles. The van der Waals surface area contributed by atoms with Crippen molar-refractivity contribution in [3.8, 4) is 11.5 Å². The van der Waals surface area contributed by atoms with E-state index in [1.54, 1.807) is 0 Å². The quantitative estimate of drug-likeness (QED) is 0.716. The molecule has 4 nitrogen and oxygen atoms in total. The highest BCUT2D eigenvalue weighted by Gasteiger charge is 2.54. The molecule has 0 saturated carbocycles. The summed E-state index contributed by atoms with van der Waals surface area (Å²) in [6, 6.07) is 2.19. The Morgan fingerprint density at radius 2 is 1.44 bits per heavy atom. The Bertz CT molecular complexity index is 744. The summed E-state index contributed by atoms with van der Waals surface area (Å²) in [5.41, 5.74) is 3.81.